The highest BCUT2D eigenvalue weighted by Gasteiger charge is 2.10. The Labute approximate surface area is 172 Å². The van der Waals surface area contributed by atoms with E-state index in [0.717, 1.165) is 4.58 Å². The molecule has 0 heterocycles. The van der Waals surface area contributed by atoms with Gasteiger partial charge in [0.15, 0.2) is 0 Å². The van der Waals surface area contributed by atoms with Crippen molar-refractivity contribution in [2.24, 2.45) is 0 Å². The van der Waals surface area contributed by atoms with E-state index in [2.05, 4.69) is 67.7 Å². The lowest BCUT2D eigenvalue weighted by atomic mass is 10.1. The highest BCUT2D eigenvalue weighted by atomic mass is 32.2. The van der Waals surface area contributed by atoms with Crippen molar-refractivity contribution >= 4 is 23.5 Å². The van der Waals surface area contributed by atoms with Gasteiger partial charge < -0.3 is 0 Å². The van der Waals surface area contributed by atoms with Gasteiger partial charge in [-0.1, -0.05) is 108 Å². The molecule has 0 saturated carbocycles. The Morgan fingerprint density at radius 1 is 0.615 bits per heavy atom. The van der Waals surface area contributed by atoms with Gasteiger partial charge in [-0.15, -0.1) is 23.5 Å². The number of benzene rings is 1. The molecule has 0 fully saturated rings. The number of unbranched alkanes of at least 4 members (excludes halogenated alkanes) is 10. The SMILES string of the molecule is CCCCCCCCSC(Cc1ccccc1)SCCCCCCCC. The second kappa shape index (κ2) is 18.3. The molecule has 0 aliphatic rings. The largest absolute Gasteiger partial charge is 0.147 e. The van der Waals surface area contributed by atoms with Crippen LogP contribution in [0, 0.1) is 0 Å². The molecule has 150 valence electrons. The lowest BCUT2D eigenvalue weighted by molar-refractivity contribution is 0.626. The third-order valence-corrected chi connectivity index (χ3v) is 7.79. The zero-order valence-corrected chi connectivity index (χ0v) is 19.0. The minimum absolute atomic E-state index is 0.740. The Balaban J connectivity index is 2.21. The summed E-state index contributed by atoms with van der Waals surface area (Å²) in [6.45, 7) is 4.59. The molecule has 0 radical (unpaired) electrons. The quantitative estimate of drug-likeness (QED) is 0.180. The van der Waals surface area contributed by atoms with Crippen molar-refractivity contribution < 1.29 is 0 Å². The third kappa shape index (κ3) is 14.0. The van der Waals surface area contributed by atoms with Crippen molar-refractivity contribution in [1.82, 2.24) is 0 Å². The van der Waals surface area contributed by atoms with Crippen molar-refractivity contribution in [2.45, 2.75) is 102 Å². The van der Waals surface area contributed by atoms with Crippen LogP contribution in [-0.2, 0) is 6.42 Å². The first-order chi connectivity index (χ1) is 12.9. The summed E-state index contributed by atoms with van der Waals surface area (Å²) >= 11 is 4.43. The van der Waals surface area contributed by atoms with Gasteiger partial charge in [0, 0.05) is 0 Å². The number of rotatable bonds is 18. The fourth-order valence-corrected chi connectivity index (χ4v) is 6.02. The van der Waals surface area contributed by atoms with Crippen LogP contribution in [0.3, 0.4) is 0 Å². The Kier molecular flexibility index (Phi) is 16.9. The molecular formula is C24H42S2. The summed E-state index contributed by atoms with van der Waals surface area (Å²) in [6.07, 6.45) is 18.1. The second-order valence-electron chi connectivity index (χ2n) is 7.40. The Morgan fingerprint density at radius 2 is 1.08 bits per heavy atom. The summed E-state index contributed by atoms with van der Waals surface area (Å²) in [5, 5.41) is 0. The van der Waals surface area contributed by atoms with Gasteiger partial charge in [0.25, 0.3) is 0 Å². The standard InChI is InChI=1S/C24H42S2/c1-3-5-7-9-11-16-20-25-24(22-23-18-14-13-15-19-23)26-21-17-12-10-8-6-4-2/h13-15,18-19,24H,3-12,16-17,20-22H2,1-2H3. The van der Waals surface area contributed by atoms with E-state index in [1.807, 2.05) is 0 Å². The molecule has 1 rings (SSSR count). The summed E-state index contributed by atoms with van der Waals surface area (Å²) < 4.78 is 0.740. The molecule has 0 bridgehead atoms. The van der Waals surface area contributed by atoms with Crippen molar-refractivity contribution in [3.63, 3.8) is 0 Å². The second-order valence-corrected chi connectivity index (χ2v) is 10.3. The maximum Gasteiger partial charge on any atom is 0.0542 e. The van der Waals surface area contributed by atoms with E-state index in [1.54, 1.807) is 0 Å². The molecule has 0 aromatic heterocycles. The predicted molar refractivity (Wildman–Crippen MR) is 126 cm³/mol. The van der Waals surface area contributed by atoms with Crippen LogP contribution in [0.15, 0.2) is 30.3 Å². The zero-order valence-electron chi connectivity index (χ0n) is 17.4. The van der Waals surface area contributed by atoms with Gasteiger partial charge in [-0.2, -0.15) is 0 Å². The maximum absolute atomic E-state index is 2.30. The van der Waals surface area contributed by atoms with Crippen LogP contribution < -0.4 is 0 Å². The summed E-state index contributed by atoms with van der Waals surface area (Å²) in [5.41, 5.74) is 1.50. The van der Waals surface area contributed by atoms with Crippen LogP contribution in [0.25, 0.3) is 0 Å². The van der Waals surface area contributed by atoms with Crippen molar-refractivity contribution in [2.75, 3.05) is 11.5 Å². The molecule has 0 atom stereocenters. The summed E-state index contributed by atoms with van der Waals surface area (Å²) in [6, 6.07) is 11.1. The number of thioether (sulfide) groups is 2. The molecule has 2 heteroatoms. The average Bonchev–Trinajstić information content (AvgIpc) is 2.67. The first kappa shape index (κ1) is 24.0. The highest BCUT2D eigenvalue weighted by molar-refractivity contribution is 8.17. The maximum atomic E-state index is 2.30. The van der Waals surface area contributed by atoms with E-state index in [1.165, 1.54) is 101 Å². The average molecular weight is 395 g/mol. The van der Waals surface area contributed by atoms with Gasteiger partial charge in [-0.3, -0.25) is 0 Å². The molecule has 0 unspecified atom stereocenters. The molecule has 0 spiro atoms. The van der Waals surface area contributed by atoms with Crippen LogP contribution >= 0.6 is 23.5 Å². The summed E-state index contributed by atoms with van der Waals surface area (Å²) in [5.74, 6) is 2.68. The van der Waals surface area contributed by atoms with Crippen LogP contribution in [-0.4, -0.2) is 16.1 Å². The third-order valence-electron chi connectivity index (χ3n) is 4.85. The zero-order chi connectivity index (χ0) is 18.7. The molecule has 0 aliphatic heterocycles. The van der Waals surface area contributed by atoms with Gasteiger partial charge in [-0.05, 0) is 36.3 Å². The van der Waals surface area contributed by atoms with E-state index in [0.29, 0.717) is 0 Å². The summed E-state index contributed by atoms with van der Waals surface area (Å²) in [4.78, 5) is 0. The van der Waals surface area contributed by atoms with Gasteiger partial charge in [0.1, 0.15) is 0 Å². The fourth-order valence-electron chi connectivity index (χ4n) is 3.17. The Bertz CT molecular complexity index is 372. The monoisotopic (exact) mass is 394 g/mol. The van der Waals surface area contributed by atoms with Gasteiger partial charge in [-0.25, -0.2) is 0 Å². The minimum Gasteiger partial charge on any atom is -0.147 e. The lowest BCUT2D eigenvalue weighted by Crippen LogP contribution is -2.05. The molecule has 0 N–H and O–H groups in total. The Morgan fingerprint density at radius 3 is 1.58 bits per heavy atom. The summed E-state index contributed by atoms with van der Waals surface area (Å²) in [7, 11) is 0. The lowest BCUT2D eigenvalue weighted by Gasteiger charge is -2.16. The van der Waals surface area contributed by atoms with Crippen LogP contribution in [0.5, 0.6) is 0 Å². The first-order valence-electron chi connectivity index (χ1n) is 11.1. The van der Waals surface area contributed by atoms with Gasteiger partial charge >= 0.3 is 0 Å². The normalized spacial score (nSPS) is 11.3. The molecule has 1 aromatic rings. The topological polar surface area (TPSA) is 0 Å². The van der Waals surface area contributed by atoms with Crippen LogP contribution in [0.2, 0.25) is 0 Å². The van der Waals surface area contributed by atoms with E-state index in [-0.39, 0.29) is 0 Å². The molecular weight excluding hydrogens is 352 g/mol. The minimum atomic E-state index is 0.740. The first-order valence-corrected chi connectivity index (χ1v) is 13.2. The molecule has 0 saturated heterocycles. The predicted octanol–water partition coefficient (Wildman–Crippen LogP) is 8.74. The van der Waals surface area contributed by atoms with Crippen LogP contribution in [0.1, 0.15) is 96.5 Å². The molecule has 0 aliphatic carbocycles. The fraction of sp³-hybridized carbons (Fsp3) is 0.750. The van der Waals surface area contributed by atoms with Crippen molar-refractivity contribution in [3.8, 4) is 0 Å². The van der Waals surface area contributed by atoms with Crippen molar-refractivity contribution in [3.05, 3.63) is 35.9 Å². The number of hydrogen-bond acceptors (Lipinski definition) is 2. The Hall–Kier alpha value is -0.0800. The molecule has 0 nitrogen and oxygen atoms in total. The van der Waals surface area contributed by atoms with E-state index >= 15 is 0 Å². The number of hydrogen-bond donors (Lipinski definition) is 0. The van der Waals surface area contributed by atoms with Crippen LogP contribution in [0.4, 0.5) is 0 Å². The van der Waals surface area contributed by atoms with Gasteiger partial charge in [0.05, 0.1) is 4.58 Å². The highest BCUT2D eigenvalue weighted by Crippen LogP contribution is 2.29. The van der Waals surface area contributed by atoms with Crippen molar-refractivity contribution in [1.29, 1.82) is 0 Å². The molecule has 26 heavy (non-hydrogen) atoms. The van der Waals surface area contributed by atoms with Gasteiger partial charge in [0.2, 0.25) is 0 Å². The smallest absolute Gasteiger partial charge is 0.0542 e. The molecule has 0 amide bonds. The molecule has 1 aromatic carbocycles. The van der Waals surface area contributed by atoms with E-state index in [4.69, 9.17) is 0 Å². The van der Waals surface area contributed by atoms with E-state index in [9.17, 15) is 0 Å². The van der Waals surface area contributed by atoms with E-state index < -0.39 is 0 Å².